The molecule has 0 aliphatic carbocycles. The molecule has 0 fully saturated rings. The summed E-state index contributed by atoms with van der Waals surface area (Å²) in [4.78, 5) is 3.56. The Balaban J connectivity index is 1.94. The maximum Gasteiger partial charge on any atom is 0.291 e. The highest BCUT2D eigenvalue weighted by Gasteiger charge is 2.23. The molecule has 0 aliphatic rings. The quantitative estimate of drug-likeness (QED) is 0.440. The first-order chi connectivity index (χ1) is 11.7. The minimum absolute atomic E-state index is 0.929. The molecule has 0 amide bonds. The SMILES string of the molecule is Cc1ccc2c(oc3ccccc32)c1-c1[nH]c2ccccc2[n+]1C. The van der Waals surface area contributed by atoms with Crippen molar-refractivity contribution in [3.63, 3.8) is 0 Å². The van der Waals surface area contributed by atoms with E-state index in [0.717, 1.165) is 38.8 Å². The van der Waals surface area contributed by atoms with Gasteiger partial charge < -0.3 is 4.42 Å². The van der Waals surface area contributed by atoms with Crippen LogP contribution in [0.4, 0.5) is 0 Å². The summed E-state index contributed by atoms with van der Waals surface area (Å²) in [6.07, 6.45) is 0. The van der Waals surface area contributed by atoms with Gasteiger partial charge in [-0.15, -0.1) is 0 Å². The Labute approximate surface area is 139 Å². The van der Waals surface area contributed by atoms with Gasteiger partial charge in [-0.3, -0.25) is 0 Å². The highest BCUT2D eigenvalue weighted by Crippen LogP contribution is 2.36. The van der Waals surface area contributed by atoms with Crippen LogP contribution in [0.15, 0.2) is 65.1 Å². The van der Waals surface area contributed by atoms with Gasteiger partial charge >= 0.3 is 0 Å². The number of fused-ring (bicyclic) bond motifs is 4. The van der Waals surface area contributed by atoms with Gasteiger partial charge in [0, 0.05) is 10.8 Å². The summed E-state index contributed by atoms with van der Waals surface area (Å²) in [5.74, 6) is 1.07. The fraction of sp³-hybridized carbons (Fsp3) is 0.0952. The first kappa shape index (κ1) is 13.4. The third-order valence-electron chi connectivity index (χ3n) is 4.85. The summed E-state index contributed by atoms with van der Waals surface area (Å²) in [6, 6.07) is 20.9. The van der Waals surface area contributed by atoms with Crippen LogP contribution in [0.3, 0.4) is 0 Å². The van der Waals surface area contributed by atoms with Crippen molar-refractivity contribution >= 4 is 33.0 Å². The number of hydrogen-bond acceptors (Lipinski definition) is 1. The van der Waals surface area contributed by atoms with E-state index in [1.165, 1.54) is 11.1 Å². The average Bonchev–Trinajstić information content (AvgIpc) is 3.13. The lowest BCUT2D eigenvalue weighted by Crippen LogP contribution is -2.29. The Morgan fingerprint density at radius 3 is 2.54 bits per heavy atom. The number of aryl methyl sites for hydroxylation is 2. The van der Waals surface area contributed by atoms with E-state index in [0.29, 0.717) is 0 Å². The summed E-state index contributed by atoms with van der Waals surface area (Å²) in [7, 11) is 2.09. The summed E-state index contributed by atoms with van der Waals surface area (Å²) < 4.78 is 8.44. The van der Waals surface area contributed by atoms with Crippen LogP contribution in [0.1, 0.15) is 5.56 Å². The molecule has 3 nitrogen and oxygen atoms in total. The molecule has 0 saturated carbocycles. The fourth-order valence-corrected chi connectivity index (χ4v) is 3.62. The van der Waals surface area contributed by atoms with Crippen LogP contribution in [0.25, 0.3) is 44.4 Å². The van der Waals surface area contributed by atoms with Gasteiger partial charge in [0.2, 0.25) is 0 Å². The van der Waals surface area contributed by atoms with Gasteiger partial charge in [0.25, 0.3) is 5.82 Å². The van der Waals surface area contributed by atoms with Gasteiger partial charge in [-0.1, -0.05) is 42.5 Å². The molecular formula is C21H17N2O+. The van der Waals surface area contributed by atoms with Crippen molar-refractivity contribution in [2.75, 3.05) is 0 Å². The smallest absolute Gasteiger partial charge is 0.291 e. The lowest BCUT2D eigenvalue weighted by Gasteiger charge is -2.02. The zero-order chi connectivity index (χ0) is 16.3. The van der Waals surface area contributed by atoms with Crippen molar-refractivity contribution < 1.29 is 8.98 Å². The highest BCUT2D eigenvalue weighted by molar-refractivity contribution is 6.09. The monoisotopic (exact) mass is 313 g/mol. The number of aromatic nitrogens is 2. The molecule has 5 rings (SSSR count). The van der Waals surface area contributed by atoms with Gasteiger partial charge in [-0.05, 0) is 30.7 Å². The number of nitrogens with zero attached hydrogens (tertiary/aromatic N) is 1. The van der Waals surface area contributed by atoms with E-state index in [9.17, 15) is 0 Å². The number of aromatic amines is 1. The number of para-hydroxylation sites is 3. The molecule has 3 aromatic carbocycles. The Hall–Kier alpha value is -3.07. The molecule has 3 heteroatoms. The molecular weight excluding hydrogens is 296 g/mol. The number of benzene rings is 3. The Kier molecular flexibility index (Phi) is 2.63. The number of hydrogen-bond donors (Lipinski definition) is 1. The molecule has 0 spiro atoms. The second kappa shape index (κ2) is 4.71. The van der Waals surface area contributed by atoms with E-state index in [4.69, 9.17) is 4.42 Å². The number of imidazole rings is 1. The van der Waals surface area contributed by atoms with Crippen LogP contribution in [-0.4, -0.2) is 4.98 Å². The third kappa shape index (κ3) is 1.69. The summed E-state index contributed by atoms with van der Waals surface area (Å²) in [5.41, 5.74) is 6.50. The van der Waals surface area contributed by atoms with Crippen molar-refractivity contribution in [2.45, 2.75) is 6.92 Å². The van der Waals surface area contributed by atoms with Crippen LogP contribution in [0.2, 0.25) is 0 Å². The molecule has 2 heterocycles. The molecule has 2 aromatic heterocycles. The van der Waals surface area contributed by atoms with Crippen molar-refractivity contribution in [3.8, 4) is 11.4 Å². The summed E-state index contributed by atoms with van der Waals surface area (Å²) >= 11 is 0. The molecule has 0 unspecified atom stereocenters. The average molecular weight is 313 g/mol. The maximum atomic E-state index is 6.24. The Bertz CT molecular complexity index is 1230. The van der Waals surface area contributed by atoms with Crippen LogP contribution >= 0.6 is 0 Å². The van der Waals surface area contributed by atoms with E-state index in [-0.39, 0.29) is 0 Å². The first-order valence-electron chi connectivity index (χ1n) is 8.12. The summed E-state index contributed by atoms with van der Waals surface area (Å²) in [5, 5.41) is 2.32. The normalized spacial score (nSPS) is 11.8. The maximum absolute atomic E-state index is 6.24. The van der Waals surface area contributed by atoms with E-state index in [2.05, 4.69) is 72.1 Å². The number of rotatable bonds is 1. The highest BCUT2D eigenvalue weighted by atomic mass is 16.3. The molecule has 24 heavy (non-hydrogen) atoms. The molecule has 5 aromatic rings. The predicted molar refractivity (Wildman–Crippen MR) is 96.9 cm³/mol. The molecule has 0 radical (unpaired) electrons. The van der Waals surface area contributed by atoms with E-state index in [1.54, 1.807) is 0 Å². The Morgan fingerprint density at radius 1 is 0.875 bits per heavy atom. The topological polar surface area (TPSA) is 32.8 Å². The zero-order valence-electron chi connectivity index (χ0n) is 13.6. The van der Waals surface area contributed by atoms with Crippen molar-refractivity contribution in [2.24, 2.45) is 7.05 Å². The Morgan fingerprint density at radius 2 is 1.67 bits per heavy atom. The number of H-pyrrole nitrogens is 1. The minimum atomic E-state index is 0.929. The van der Waals surface area contributed by atoms with Crippen LogP contribution in [0.5, 0.6) is 0 Å². The lowest BCUT2D eigenvalue weighted by molar-refractivity contribution is -0.633. The molecule has 0 bridgehead atoms. The van der Waals surface area contributed by atoms with Gasteiger partial charge in [-0.25, -0.2) is 9.55 Å². The molecule has 116 valence electrons. The summed E-state index contributed by atoms with van der Waals surface area (Å²) in [6.45, 7) is 2.13. The fourth-order valence-electron chi connectivity index (χ4n) is 3.62. The van der Waals surface area contributed by atoms with Gasteiger partial charge in [-0.2, -0.15) is 0 Å². The standard InChI is InChI=1S/C21H16N2O/c1-13-11-12-15-14-7-3-6-10-18(14)24-20(15)19(13)21-22-16-8-4-5-9-17(16)23(21)2/h3-12H,1-2H3/p+1. The van der Waals surface area contributed by atoms with Crippen LogP contribution in [-0.2, 0) is 7.05 Å². The number of furan rings is 1. The number of nitrogens with one attached hydrogen (secondary N) is 1. The molecule has 0 aliphatic heterocycles. The molecule has 0 saturated heterocycles. The largest absolute Gasteiger partial charge is 0.455 e. The van der Waals surface area contributed by atoms with Gasteiger partial charge in [0.1, 0.15) is 11.1 Å². The molecule has 1 N–H and O–H groups in total. The van der Waals surface area contributed by atoms with Crippen LogP contribution in [0, 0.1) is 6.92 Å². The predicted octanol–water partition coefficient (Wildman–Crippen LogP) is 4.87. The van der Waals surface area contributed by atoms with E-state index in [1.807, 2.05) is 12.1 Å². The van der Waals surface area contributed by atoms with Crippen molar-refractivity contribution in [1.82, 2.24) is 4.98 Å². The zero-order valence-corrected chi connectivity index (χ0v) is 13.6. The second-order valence-corrected chi connectivity index (χ2v) is 6.28. The van der Waals surface area contributed by atoms with Gasteiger partial charge in [0.15, 0.2) is 16.6 Å². The second-order valence-electron chi connectivity index (χ2n) is 6.28. The van der Waals surface area contributed by atoms with Crippen LogP contribution < -0.4 is 4.57 Å². The van der Waals surface area contributed by atoms with Crippen molar-refractivity contribution in [1.29, 1.82) is 0 Å². The first-order valence-corrected chi connectivity index (χ1v) is 8.12. The lowest BCUT2D eigenvalue weighted by atomic mass is 10.0. The van der Waals surface area contributed by atoms with Crippen molar-refractivity contribution in [3.05, 3.63) is 66.2 Å². The van der Waals surface area contributed by atoms with Gasteiger partial charge in [0.05, 0.1) is 7.05 Å². The minimum Gasteiger partial charge on any atom is -0.455 e. The third-order valence-corrected chi connectivity index (χ3v) is 4.85. The molecule has 0 atom stereocenters. The van der Waals surface area contributed by atoms with E-state index < -0.39 is 0 Å². The van der Waals surface area contributed by atoms with E-state index >= 15 is 0 Å².